The number of hydrogen-bond acceptors (Lipinski definition) is 11. The standard InChI is InChI=1S/C42H56O11/c1-23-38(50-26(4)44)33(49-25(3)43)21-37(48-23)53-39-24(2)47-36(22-34(39)51-40(46)27-10-8-7-9-11-27)52-35-15-14-31-30-13-12-28-20-29(45)16-18-41(28,5)32(30)17-19-42(31,35)6/h7-11,20,23-24,30-39H,12-19,21-22H2,1-6H3/t23-,24-,30-,31-,32-,33-,34-,35-,36-,37-,38-,39-,41-,42-/m0/s1. The molecule has 1 aromatic rings. The quantitative estimate of drug-likeness (QED) is 0.210. The molecule has 5 fully saturated rings. The summed E-state index contributed by atoms with van der Waals surface area (Å²) in [6.45, 7) is 11.0. The Kier molecular flexibility index (Phi) is 10.9. The van der Waals surface area contributed by atoms with E-state index in [1.807, 2.05) is 19.1 Å². The summed E-state index contributed by atoms with van der Waals surface area (Å²) >= 11 is 0. The van der Waals surface area contributed by atoms with Crippen LogP contribution in [0.1, 0.15) is 116 Å². The molecule has 0 bridgehead atoms. The van der Waals surface area contributed by atoms with Gasteiger partial charge < -0.3 is 33.2 Å². The fourth-order valence-electron chi connectivity index (χ4n) is 11.1. The van der Waals surface area contributed by atoms with Crippen molar-refractivity contribution in [2.75, 3.05) is 0 Å². The highest BCUT2D eigenvalue weighted by atomic mass is 16.7. The molecule has 0 unspecified atom stereocenters. The summed E-state index contributed by atoms with van der Waals surface area (Å²) in [5.74, 6) is 0.530. The van der Waals surface area contributed by atoms with Crippen LogP contribution in [0.15, 0.2) is 42.0 Å². The van der Waals surface area contributed by atoms with Crippen LogP contribution in [0.2, 0.25) is 0 Å². The Bertz CT molecular complexity index is 1580. The molecule has 53 heavy (non-hydrogen) atoms. The third-order valence-electron chi connectivity index (χ3n) is 13.6. The first-order valence-electron chi connectivity index (χ1n) is 19.7. The van der Waals surface area contributed by atoms with Crippen molar-refractivity contribution < 1.29 is 52.3 Å². The maximum absolute atomic E-state index is 13.5. The molecule has 4 aliphatic carbocycles. The fraction of sp³-hybridized carbons (Fsp3) is 0.714. The number of benzene rings is 1. The van der Waals surface area contributed by atoms with Gasteiger partial charge in [-0.05, 0) is 106 Å². The van der Waals surface area contributed by atoms with Crippen molar-refractivity contribution in [3.63, 3.8) is 0 Å². The minimum absolute atomic E-state index is 0.00324. The van der Waals surface area contributed by atoms with Gasteiger partial charge in [0, 0.05) is 33.1 Å². The van der Waals surface area contributed by atoms with E-state index >= 15 is 0 Å². The first-order valence-corrected chi connectivity index (χ1v) is 19.7. The lowest BCUT2D eigenvalue weighted by molar-refractivity contribution is -0.320. The average molecular weight is 737 g/mol. The molecule has 0 amide bonds. The molecule has 11 heteroatoms. The topological polar surface area (TPSA) is 133 Å². The van der Waals surface area contributed by atoms with Gasteiger partial charge in [0.25, 0.3) is 0 Å². The van der Waals surface area contributed by atoms with Gasteiger partial charge in [0.05, 0.1) is 23.9 Å². The average Bonchev–Trinajstić information content (AvgIpc) is 3.43. The summed E-state index contributed by atoms with van der Waals surface area (Å²) in [5, 5.41) is 0. The minimum atomic E-state index is -0.854. The Labute approximate surface area is 312 Å². The summed E-state index contributed by atoms with van der Waals surface area (Å²) in [6.07, 6.45) is 4.65. The lowest BCUT2D eigenvalue weighted by Gasteiger charge is -2.58. The minimum Gasteiger partial charge on any atom is -0.458 e. The molecule has 0 aromatic heterocycles. The van der Waals surface area contributed by atoms with Gasteiger partial charge in [-0.1, -0.05) is 37.6 Å². The van der Waals surface area contributed by atoms with Gasteiger partial charge in [0.2, 0.25) is 0 Å². The van der Waals surface area contributed by atoms with E-state index < -0.39 is 67.1 Å². The molecule has 0 N–H and O–H groups in total. The van der Waals surface area contributed by atoms with E-state index in [4.69, 9.17) is 33.2 Å². The maximum atomic E-state index is 13.5. The second-order valence-corrected chi connectivity index (χ2v) is 16.9. The Balaban J connectivity index is 1.06. The molecule has 2 heterocycles. The molecule has 0 radical (unpaired) electrons. The van der Waals surface area contributed by atoms with Gasteiger partial charge in [-0.25, -0.2) is 4.79 Å². The number of fused-ring (bicyclic) bond motifs is 5. The van der Waals surface area contributed by atoms with Crippen LogP contribution in [0.25, 0.3) is 0 Å². The van der Waals surface area contributed by atoms with Gasteiger partial charge in [-0.2, -0.15) is 0 Å². The zero-order valence-corrected chi connectivity index (χ0v) is 32.0. The van der Waals surface area contributed by atoms with Crippen molar-refractivity contribution >= 4 is 23.7 Å². The number of rotatable bonds is 8. The molecule has 11 nitrogen and oxygen atoms in total. The van der Waals surface area contributed by atoms with Crippen molar-refractivity contribution in [3.8, 4) is 0 Å². The molecule has 6 aliphatic rings. The van der Waals surface area contributed by atoms with Gasteiger partial charge in [0.1, 0.15) is 18.3 Å². The number of esters is 3. The van der Waals surface area contributed by atoms with Crippen LogP contribution in [0.5, 0.6) is 0 Å². The first-order chi connectivity index (χ1) is 25.2. The molecule has 3 saturated carbocycles. The van der Waals surface area contributed by atoms with Crippen LogP contribution in [0.3, 0.4) is 0 Å². The largest absolute Gasteiger partial charge is 0.458 e. The highest BCUT2D eigenvalue weighted by molar-refractivity contribution is 5.91. The van der Waals surface area contributed by atoms with Crippen LogP contribution in [-0.4, -0.2) is 79.0 Å². The number of allylic oxidation sites excluding steroid dienone is 1. The van der Waals surface area contributed by atoms with Crippen molar-refractivity contribution in [3.05, 3.63) is 47.5 Å². The maximum Gasteiger partial charge on any atom is 0.338 e. The highest BCUT2D eigenvalue weighted by Crippen LogP contribution is 2.65. The molecule has 7 rings (SSSR count). The number of carbonyl (C=O) groups excluding carboxylic acids is 4. The van der Waals surface area contributed by atoms with E-state index in [2.05, 4.69) is 13.8 Å². The summed E-state index contributed by atoms with van der Waals surface area (Å²) in [5.41, 5.74) is 1.91. The van der Waals surface area contributed by atoms with Gasteiger partial charge >= 0.3 is 17.9 Å². The lowest BCUT2D eigenvalue weighted by atomic mass is 9.47. The van der Waals surface area contributed by atoms with E-state index in [0.29, 0.717) is 29.7 Å². The van der Waals surface area contributed by atoms with E-state index in [0.717, 1.165) is 44.9 Å². The van der Waals surface area contributed by atoms with E-state index in [1.165, 1.54) is 19.4 Å². The Morgan fingerprint density at radius 2 is 1.40 bits per heavy atom. The van der Waals surface area contributed by atoms with Crippen molar-refractivity contribution in [1.82, 2.24) is 0 Å². The Hall–Kier alpha value is -3.12. The number of ketones is 1. The normalized spacial score (nSPS) is 42.3. The molecule has 0 spiro atoms. The summed E-state index contributed by atoms with van der Waals surface area (Å²) in [7, 11) is 0. The summed E-state index contributed by atoms with van der Waals surface area (Å²) in [6, 6.07) is 8.85. The lowest BCUT2D eigenvalue weighted by Crippen LogP contribution is -2.57. The predicted octanol–water partition coefficient (Wildman–Crippen LogP) is 6.65. The molecule has 290 valence electrons. The molecular formula is C42H56O11. The molecular weight excluding hydrogens is 680 g/mol. The van der Waals surface area contributed by atoms with E-state index in [1.54, 1.807) is 31.2 Å². The van der Waals surface area contributed by atoms with E-state index in [9.17, 15) is 19.2 Å². The highest BCUT2D eigenvalue weighted by Gasteiger charge is 2.60. The zero-order valence-electron chi connectivity index (χ0n) is 32.0. The predicted molar refractivity (Wildman–Crippen MR) is 191 cm³/mol. The van der Waals surface area contributed by atoms with Crippen LogP contribution < -0.4 is 0 Å². The smallest absolute Gasteiger partial charge is 0.338 e. The van der Waals surface area contributed by atoms with Crippen molar-refractivity contribution in [1.29, 1.82) is 0 Å². The van der Waals surface area contributed by atoms with Gasteiger partial charge in [-0.15, -0.1) is 0 Å². The number of hydrogen-bond donors (Lipinski definition) is 0. The third-order valence-corrected chi connectivity index (χ3v) is 13.6. The van der Waals surface area contributed by atoms with Gasteiger partial charge in [0.15, 0.2) is 24.5 Å². The molecule has 1 aromatic carbocycles. The second-order valence-electron chi connectivity index (χ2n) is 16.9. The van der Waals surface area contributed by atoms with Crippen molar-refractivity contribution in [2.24, 2.45) is 28.6 Å². The fourth-order valence-corrected chi connectivity index (χ4v) is 11.1. The molecule has 2 aliphatic heterocycles. The SMILES string of the molecule is CC(=O)O[C@H]1[C@H](C)O[C@@H](O[C@H]2[C@H](C)O[C@@H](O[C@H]3CC[C@H]4[C@@H]5CCC6=CC(=O)CC[C@]6(C)[C@H]5CC[C@]34C)C[C@@H]2OC(=O)c2ccccc2)C[C@@H]1OC(C)=O. The summed E-state index contributed by atoms with van der Waals surface area (Å²) < 4.78 is 43.4. The second kappa shape index (κ2) is 15.2. The monoisotopic (exact) mass is 736 g/mol. The van der Waals surface area contributed by atoms with Crippen molar-refractivity contribution in [2.45, 2.75) is 161 Å². The molecule has 14 atom stereocenters. The van der Waals surface area contributed by atoms with Gasteiger partial charge in [-0.3, -0.25) is 14.4 Å². The number of ether oxygens (including phenoxy) is 7. The Morgan fingerprint density at radius 3 is 2.09 bits per heavy atom. The molecule has 2 saturated heterocycles. The van der Waals surface area contributed by atoms with E-state index in [-0.39, 0.29) is 35.6 Å². The van der Waals surface area contributed by atoms with Crippen LogP contribution in [-0.2, 0) is 47.5 Å². The van der Waals surface area contributed by atoms with Crippen LogP contribution in [0, 0.1) is 28.6 Å². The van der Waals surface area contributed by atoms with Crippen LogP contribution in [0.4, 0.5) is 0 Å². The van der Waals surface area contributed by atoms with Crippen LogP contribution >= 0.6 is 0 Å². The Morgan fingerprint density at radius 1 is 0.736 bits per heavy atom. The zero-order chi connectivity index (χ0) is 37.7. The first kappa shape index (κ1) is 38.2. The third kappa shape index (κ3) is 7.60. The number of carbonyl (C=O) groups is 4. The summed E-state index contributed by atoms with van der Waals surface area (Å²) in [4.78, 5) is 49.6.